The lowest BCUT2D eigenvalue weighted by atomic mass is 9.98. The highest BCUT2D eigenvalue weighted by Gasteiger charge is 2.31. The molecule has 116 valence electrons. The van der Waals surface area contributed by atoms with Crippen molar-refractivity contribution in [2.24, 2.45) is 5.16 Å². The first kappa shape index (κ1) is 14.0. The number of hydrogen-bond acceptors (Lipinski definition) is 4. The minimum absolute atomic E-state index is 0.000794. The number of morpholine rings is 1. The molecule has 0 saturated carbocycles. The Morgan fingerprint density at radius 1 is 1.00 bits per heavy atom. The lowest BCUT2D eigenvalue weighted by molar-refractivity contribution is 0.0303. The highest BCUT2D eigenvalue weighted by Crippen LogP contribution is 2.39. The highest BCUT2D eigenvalue weighted by atomic mass is 16.5. The second-order valence-corrected chi connectivity index (χ2v) is 5.63. The van der Waals surface area contributed by atoms with Gasteiger partial charge in [0.1, 0.15) is 5.71 Å². The average Bonchev–Trinajstić information content (AvgIpc) is 2.95. The Balaban J connectivity index is 1.87. The molecular weight excluding hydrogens is 292 g/mol. The van der Waals surface area contributed by atoms with E-state index in [1.165, 1.54) is 0 Å². The molecule has 2 aromatic rings. The van der Waals surface area contributed by atoms with Crippen LogP contribution in [0.4, 0.5) is 0 Å². The molecule has 0 unspecified atom stereocenters. The maximum atomic E-state index is 12.9. The Bertz CT molecular complexity index is 808. The van der Waals surface area contributed by atoms with Crippen LogP contribution in [0.5, 0.6) is 0 Å². The summed E-state index contributed by atoms with van der Waals surface area (Å²) in [7, 11) is 0. The minimum Gasteiger partial charge on any atom is -0.410 e. The van der Waals surface area contributed by atoms with Crippen molar-refractivity contribution in [2.75, 3.05) is 26.3 Å². The van der Waals surface area contributed by atoms with Gasteiger partial charge in [-0.1, -0.05) is 41.6 Å². The minimum atomic E-state index is -0.000794. The van der Waals surface area contributed by atoms with Gasteiger partial charge in [0.25, 0.3) is 5.91 Å². The molecule has 23 heavy (non-hydrogen) atoms. The largest absolute Gasteiger partial charge is 0.410 e. The number of carbonyl (C=O) groups is 1. The van der Waals surface area contributed by atoms with E-state index in [9.17, 15) is 10.0 Å². The Labute approximate surface area is 133 Å². The van der Waals surface area contributed by atoms with Crippen LogP contribution in [0, 0.1) is 0 Å². The molecule has 1 N–H and O–H groups in total. The van der Waals surface area contributed by atoms with Gasteiger partial charge in [-0.05, 0) is 11.6 Å². The average molecular weight is 308 g/mol. The third-order valence-electron chi connectivity index (χ3n) is 4.40. The summed E-state index contributed by atoms with van der Waals surface area (Å²) < 4.78 is 5.32. The highest BCUT2D eigenvalue weighted by molar-refractivity contribution is 6.26. The number of ether oxygens (including phenoxy) is 1. The quantitative estimate of drug-likeness (QED) is 0.554. The van der Waals surface area contributed by atoms with E-state index >= 15 is 0 Å². The third-order valence-corrected chi connectivity index (χ3v) is 4.40. The van der Waals surface area contributed by atoms with Crippen molar-refractivity contribution in [3.8, 4) is 11.1 Å². The summed E-state index contributed by atoms with van der Waals surface area (Å²) in [5, 5.41) is 12.9. The Kier molecular flexibility index (Phi) is 3.35. The van der Waals surface area contributed by atoms with Gasteiger partial charge >= 0.3 is 0 Å². The third kappa shape index (κ3) is 2.12. The van der Waals surface area contributed by atoms with Gasteiger partial charge in [-0.25, -0.2) is 0 Å². The summed E-state index contributed by atoms with van der Waals surface area (Å²) in [6.45, 7) is 2.34. The van der Waals surface area contributed by atoms with Crippen LogP contribution in [0.2, 0.25) is 0 Å². The first-order valence-electron chi connectivity index (χ1n) is 7.63. The zero-order valence-electron chi connectivity index (χ0n) is 12.5. The molecule has 0 spiro atoms. The van der Waals surface area contributed by atoms with Crippen LogP contribution in [-0.2, 0) is 4.74 Å². The zero-order chi connectivity index (χ0) is 15.8. The SMILES string of the molecule is O=C(c1cccc2c1-c1ccccc1C2=NO)N1CCOCC1. The molecule has 1 fully saturated rings. The molecule has 2 aliphatic rings. The van der Waals surface area contributed by atoms with Crippen LogP contribution in [0.25, 0.3) is 11.1 Å². The Morgan fingerprint density at radius 3 is 2.43 bits per heavy atom. The molecule has 5 nitrogen and oxygen atoms in total. The summed E-state index contributed by atoms with van der Waals surface area (Å²) in [4.78, 5) is 14.7. The summed E-state index contributed by atoms with van der Waals surface area (Å²) in [5.41, 5.74) is 4.61. The van der Waals surface area contributed by atoms with Gasteiger partial charge in [0.15, 0.2) is 0 Å². The van der Waals surface area contributed by atoms with Gasteiger partial charge in [-0.15, -0.1) is 0 Å². The normalized spacial score (nSPS) is 17.9. The van der Waals surface area contributed by atoms with Gasteiger partial charge in [-0.3, -0.25) is 4.79 Å². The van der Waals surface area contributed by atoms with E-state index in [-0.39, 0.29) is 5.91 Å². The van der Waals surface area contributed by atoms with Crippen molar-refractivity contribution in [1.29, 1.82) is 0 Å². The van der Waals surface area contributed by atoms with Gasteiger partial charge in [-0.2, -0.15) is 0 Å². The van der Waals surface area contributed by atoms with Crippen molar-refractivity contribution in [1.82, 2.24) is 4.90 Å². The monoisotopic (exact) mass is 308 g/mol. The maximum Gasteiger partial charge on any atom is 0.254 e. The van der Waals surface area contributed by atoms with E-state index < -0.39 is 0 Å². The molecule has 4 rings (SSSR count). The number of rotatable bonds is 1. The number of benzene rings is 2. The molecule has 1 saturated heterocycles. The van der Waals surface area contributed by atoms with E-state index in [0.29, 0.717) is 37.6 Å². The predicted octanol–water partition coefficient (Wildman–Crippen LogP) is 2.37. The summed E-state index contributed by atoms with van der Waals surface area (Å²) in [5.74, 6) is -0.000794. The smallest absolute Gasteiger partial charge is 0.254 e. The Hall–Kier alpha value is -2.66. The van der Waals surface area contributed by atoms with Crippen molar-refractivity contribution in [2.45, 2.75) is 0 Å². The maximum absolute atomic E-state index is 12.9. The fourth-order valence-electron chi connectivity index (χ4n) is 3.32. The zero-order valence-corrected chi connectivity index (χ0v) is 12.5. The second kappa shape index (κ2) is 5.52. The molecule has 0 aromatic heterocycles. The number of fused-ring (bicyclic) bond motifs is 3. The molecular formula is C18H16N2O3. The molecule has 1 amide bonds. The van der Waals surface area contributed by atoms with E-state index in [0.717, 1.165) is 22.3 Å². The summed E-state index contributed by atoms with van der Waals surface area (Å²) in [6.07, 6.45) is 0. The van der Waals surface area contributed by atoms with Crippen LogP contribution in [-0.4, -0.2) is 48.0 Å². The van der Waals surface area contributed by atoms with Crippen LogP contribution >= 0.6 is 0 Å². The number of hydrogen-bond donors (Lipinski definition) is 1. The Morgan fingerprint density at radius 2 is 1.70 bits per heavy atom. The van der Waals surface area contributed by atoms with Gasteiger partial charge in [0.05, 0.1) is 13.2 Å². The fraction of sp³-hybridized carbons (Fsp3) is 0.222. The molecule has 5 heteroatoms. The van der Waals surface area contributed by atoms with Crippen molar-refractivity contribution in [3.63, 3.8) is 0 Å². The van der Waals surface area contributed by atoms with E-state index in [1.54, 1.807) is 0 Å². The van der Waals surface area contributed by atoms with Crippen LogP contribution in [0.3, 0.4) is 0 Å². The van der Waals surface area contributed by atoms with E-state index in [2.05, 4.69) is 5.16 Å². The molecule has 2 aromatic carbocycles. The molecule has 1 aliphatic carbocycles. The first-order valence-corrected chi connectivity index (χ1v) is 7.63. The van der Waals surface area contributed by atoms with E-state index in [4.69, 9.17) is 4.74 Å². The number of amides is 1. The molecule has 0 bridgehead atoms. The van der Waals surface area contributed by atoms with Gasteiger partial charge in [0.2, 0.25) is 0 Å². The lowest BCUT2D eigenvalue weighted by Gasteiger charge is -2.27. The summed E-state index contributed by atoms with van der Waals surface area (Å²) >= 11 is 0. The topological polar surface area (TPSA) is 62.1 Å². The molecule has 0 atom stereocenters. The molecule has 1 aliphatic heterocycles. The number of nitrogens with zero attached hydrogens (tertiary/aromatic N) is 2. The summed E-state index contributed by atoms with van der Waals surface area (Å²) in [6, 6.07) is 13.3. The molecule has 1 heterocycles. The lowest BCUT2D eigenvalue weighted by Crippen LogP contribution is -2.40. The van der Waals surface area contributed by atoms with Crippen molar-refractivity contribution < 1.29 is 14.7 Å². The number of carbonyl (C=O) groups excluding carboxylic acids is 1. The predicted molar refractivity (Wildman–Crippen MR) is 86.0 cm³/mol. The van der Waals surface area contributed by atoms with Gasteiger partial charge in [0, 0.05) is 35.3 Å². The van der Waals surface area contributed by atoms with Crippen LogP contribution < -0.4 is 0 Å². The van der Waals surface area contributed by atoms with E-state index in [1.807, 2.05) is 47.4 Å². The first-order chi connectivity index (χ1) is 11.3. The van der Waals surface area contributed by atoms with Crippen molar-refractivity contribution >= 4 is 11.6 Å². The van der Waals surface area contributed by atoms with Gasteiger partial charge < -0.3 is 14.8 Å². The molecule has 0 radical (unpaired) electrons. The fourth-order valence-corrected chi connectivity index (χ4v) is 3.32. The second-order valence-electron chi connectivity index (χ2n) is 5.63. The van der Waals surface area contributed by atoms with Crippen LogP contribution in [0.15, 0.2) is 47.6 Å². The van der Waals surface area contributed by atoms with Crippen molar-refractivity contribution in [3.05, 3.63) is 59.2 Å². The number of oxime groups is 1. The standard InChI is InChI=1S/C18H16N2O3/c21-18(20-8-10-23-11-9-20)15-7-3-6-14-16(15)12-4-1-2-5-13(12)17(14)19-22/h1-7,22H,8-11H2. The van der Waals surface area contributed by atoms with Crippen LogP contribution in [0.1, 0.15) is 21.5 Å².